The molecule has 0 aliphatic carbocycles. The summed E-state index contributed by atoms with van der Waals surface area (Å²) in [7, 11) is 0. The Morgan fingerprint density at radius 3 is 2.67 bits per heavy atom. The SMILES string of the molecule is CC1CCN(C(=O)c2ccc(Br)cc2C(F)(F)F)CC1Cl. The highest BCUT2D eigenvalue weighted by Crippen LogP contribution is 2.35. The van der Waals surface area contributed by atoms with E-state index >= 15 is 0 Å². The number of amides is 1. The van der Waals surface area contributed by atoms with Crippen molar-refractivity contribution in [1.82, 2.24) is 4.90 Å². The lowest BCUT2D eigenvalue weighted by Crippen LogP contribution is -2.44. The van der Waals surface area contributed by atoms with E-state index in [-0.39, 0.29) is 27.9 Å². The van der Waals surface area contributed by atoms with E-state index in [0.29, 0.717) is 13.0 Å². The first-order valence-corrected chi connectivity index (χ1v) is 7.73. The van der Waals surface area contributed by atoms with Gasteiger partial charge in [0, 0.05) is 17.6 Å². The Bertz CT molecular complexity index is 550. The number of rotatable bonds is 1. The lowest BCUT2D eigenvalue weighted by molar-refractivity contribution is -0.138. The van der Waals surface area contributed by atoms with Crippen molar-refractivity contribution in [2.24, 2.45) is 5.92 Å². The third-order valence-corrected chi connectivity index (χ3v) is 4.73. The topological polar surface area (TPSA) is 20.3 Å². The van der Waals surface area contributed by atoms with Gasteiger partial charge in [-0.15, -0.1) is 11.6 Å². The van der Waals surface area contributed by atoms with Gasteiger partial charge in [-0.2, -0.15) is 13.2 Å². The molecule has 1 aromatic rings. The molecule has 0 aromatic heterocycles. The number of nitrogens with zero attached hydrogens (tertiary/aromatic N) is 1. The van der Waals surface area contributed by atoms with Crippen LogP contribution in [0.25, 0.3) is 0 Å². The third kappa shape index (κ3) is 3.72. The molecular formula is C14H14BrClF3NO. The zero-order valence-corrected chi connectivity index (χ0v) is 13.6. The Morgan fingerprint density at radius 2 is 2.10 bits per heavy atom. The highest BCUT2D eigenvalue weighted by molar-refractivity contribution is 9.10. The van der Waals surface area contributed by atoms with Gasteiger partial charge in [-0.25, -0.2) is 0 Å². The normalized spacial score (nSPS) is 23.2. The van der Waals surface area contributed by atoms with Gasteiger partial charge in [-0.1, -0.05) is 22.9 Å². The monoisotopic (exact) mass is 383 g/mol. The molecule has 0 bridgehead atoms. The summed E-state index contributed by atoms with van der Waals surface area (Å²) in [5.74, 6) is -0.366. The molecule has 0 radical (unpaired) electrons. The minimum atomic E-state index is -4.57. The van der Waals surface area contributed by atoms with Crippen LogP contribution in [0.15, 0.2) is 22.7 Å². The second kappa shape index (κ2) is 6.16. The van der Waals surface area contributed by atoms with Crippen molar-refractivity contribution in [2.75, 3.05) is 13.1 Å². The number of hydrogen-bond donors (Lipinski definition) is 0. The van der Waals surface area contributed by atoms with Crippen molar-refractivity contribution < 1.29 is 18.0 Å². The quantitative estimate of drug-likeness (QED) is 0.650. The van der Waals surface area contributed by atoms with Crippen LogP contribution in [-0.2, 0) is 6.18 Å². The van der Waals surface area contributed by atoms with Gasteiger partial charge < -0.3 is 4.90 Å². The Hall–Kier alpha value is -0.750. The van der Waals surface area contributed by atoms with Crippen molar-refractivity contribution in [1.29, 1.82) is 0 Å². The first kappa shape index (κ1) is 16.6. The third-order valence-electron chi connectivity index (χ3n) is 3.67. The number of hydrogen-bond acceptors (Lipinski definition) is 1. The predicted octanol–water partition coefficient (Wildman–Crippen LogP) is 4.56. The van der Waals surface area contributed by atoms with Gasteiger partial charge in [-0.05, 0) is 30.5 Å². The molecular weight excluding hydrogens is 371 g/mol. The van der Waals surface area contributed by atoms with Gasteiger partial charge in [0.1, 0.15) is 0 Å². The highest BCUT2D eigenvalue weighted by atomic mass is 79.9. The zero-order chi connectivity index (χ0) is 15.8. The molecule has 2 rings (SSSR count). The summed E-state index contributed by atoms with van der Waals surface area (Å²) in [5, 5.41) is -0.229. The van der Waals surface area contributed by atoms with Gasteiger partial charge in [0.15, 0.2) is 0 Å². The first-order valence-electron chi connectivity index (χ1n) is 6.50. The fourth-order valence-corrected chi connectivity index (χ4v) is 2.97. The standard InChI is InChI=1S/C14H14BrClF3NO/c1-8-4-5-20(7-12(8)16)13(21)10-3-2-9(15)6-11(10)14(17,18)19/h2-3,6,8,12H,4-5,7H2,1H3. The summed E-state index contributed by atoms with van der Waals surface area (Å²) in [6.07, 6.45) is -3.88. The van der Waals surface area contributed by atoms with Crippen LogP contribution in [0.5, 0.6) is 0 Å². The van der Waals surface area contributed by atoms with E-state index in [9.17, 15) is 18.0 Å². The van der Waals surface area contributed by atoms with Gasteiger partial charge in [0.2, 0.25) is 0 Å². The summed E-state index contributed by atoms with van der Waals surface area (Å²) >= 11 is 9.13. The van der Waals surface area contributed by atoms with Gasteiger partial charge in [0.05, 0.1) is 16.5 Å². The van der Waals surface area contributed by atoms with Gasteiger partial charge >= 0.3 is 6.18 Å². The number of halogens is 5. The lowest BCUT2D eigenvalue weighted by atomic mass is 9.97. The Morgan fingerprint density at radius 1 is 1.43 bits per heavy atom. The molecule has 1 heterocycles. The largest absolute Gasteiger partial charge is 0.417 e. The van der Waals surface area contributed by atoms with Crippen LogP contribution in [0.3, 0.4) is 0 Å². The maximum absolute atomic E-state index is 13.1. The number of likely N-dealkylation sites (tertiary alicyclic amines) is 1. The molecule has 7 heteroatoms. The maximum Gasteiger partial charge on any atom is 0.417 e. The average Bonchev–Trinajstić information content (AvgIpc) is 2.40. The molecule has 1 amide bonds. The Balaban J connectivity index is 2.32. The molecule has 1 saturated heterocycles. The number of carbonyl (C=O) groups is 1. The molecule has 0 N–H and O–H groups in total. The molecule has 21 heavy (non-hydrogen) atoms. The van der Waals surface area contributed by atoms with E-state index < -0.39 is 17.6 Å². The minimum absolute atomic E-state index is 0.229. The Kier molecular flexibility index (Phi) is 4.88. The van der Waals surface area contributed by atoms with Crippen molar-refractivity contribution in [3.63, 3.8) is 0 Å². The zero-order valence-electron chi connectivity index (χ0n) is 11.3. The second-order valence-electron chi connectivity index (χ2n) is 5.22. The minimum Gasteiger partial charge on any atom is -0.337 e. The fraction of sp³-hybridized carbons (Fsp3) is 0.500. The van der Waals surface area contributed by atoms with Crippen LogP contribution in [0.4, 0.5) is 13.2 Å². The van der Waals surface area contributed by atoms with E-state index in [1.165, 1.54) is 17.0 Å². The summed E-state index contributed by atoms with van der Waals surface area (Å²) < 4.78 is 39.5. The highest BCUT2D eigenvalue weighted by Gasteiger charge is 2.37. The molecule has 0 saturated carbocycles. The summed E-state index contributed by atoms with van der Waals surface area (Å²) in [4.78, 5) is 13.8. The van der Waals surface area contributed by atoms with Crippen LogP contribution in [-0.4, -0.2) is 29.3 Å². The average molecular weight is 385 g/mol. The molecule has 2 unspecified atom stereocenters. The summed E-state index contributed by atoms with van der Waals surface area (Å²) in [6.45, 7) is 2.67. The van der Waals surface area contributed by atoms with Crippen LogP contribution in [0.1, 0.15) is 29.3 Å². The molecule has 1 aliphatic rings. The van der Waals surface area contributed by atoms with E-state index in [2.05, 4.69) is 15.9 Å². The van der Waals surface area contributed by atoms with Gasteiger partial charge in [0.25, 0.3) is 5.91 Å². The summed E-state index contributed by atoms with van der Waals surface area (Å²) in [5.41, 5.74) is -1.25. The smallest absolute Gasteiger partial charge is 0.337 e. The maximum atomic E-state index is 13.1. The molecule has 1 aromatic carbocycles. The van der Waals surface area contributed by atoms with Crippen LogP contribution < -0.4 is 0 Å². The van der Waals surface area contributed by atoms with E-state index in [4.69, 9.17) is 11.6 Å². The van der Waals surface area contributed by atoms with E-state index in [1.807, 2.05) is 6.92 Å². The Labute approximate surface area is 134 Å². The van der Waals surface area contributed by atoms with Crippen LogP contribution >= 0.6 is 27.5 Å². The van der Waals surface area contributed by atoms with E-state index in [0.717, 1.165) is 6.07 Å². The van der Waals surface area contributed by atoms with Crippen molar-refractivity contribution in [3.8, 4) is 0 Å². The second-order valence-corrected chi connectivity index (χ2v) is 6.70. The molecule has 1 fully saturated rings. The van der Waals surface area contributed by atoms with Crippen molar-refractivity contribution >= 4 is 33.4 Å². The van der Waals surface area contributed by atoms with Crippen molar-refractivity contribution in [3.05, 3.63) is 33.8 Å². The molecule has 0 spiro atoms. The molecule has 116 valence electrons. The molecule has 2 atom stereocenters. The number of piperidine rings is 1. The predicted molar refractivity (Wildman–Crippen MR) is 78.5 cm³/mol. The number of carbonyl (C=O) groups excluding carboxylic acids is 1. The molecule has 1 aliphatic heterocycles. The molecule has 2 nitrogen and oxygen atoms in total. The van der Waals surface area contributed by atoms with Crippen LogP contribution in [0, 0.1) is 5.92 Å². The van der Waals surface area contributed by atoms with Crippen molar-refractivity contribution in [2.45, 2.75) is 24.9 Å². The summed E-state index contributed by atoms with van der Waals surface area (Å²) in [6, 6.07) is 3.57. The number of benzene rings is 1. The van der Waals surface area contributed by atoms with Gasteiger partial charge in [-0.3, -0.25) is 4.79 Å². The van der Waals surface area contributed by atoms with E-state index in [1.54, 1.807) is 0 Å². The lowest BCUT2D eigenvalue weighted by Gasteiger charge is -2.34. The fourth-order valence-electron chi connectivity index (χ4n) is 2.31. The number of alkyl halides is 4. The van der Waals surface area contributed by atoms with Crippen LogP contribution in [0.2, 0.25) is 0 Å². The first-order chi connectivity index (χ1) is 9.70.